The van der Waals surface area contributed by atoms with Crippen molar-refractivity contribution in [2.75, 3.05) is 18.6 Å². The van der Waals surface area contributed by atoms with Gasteiger partial charge in [0.25, 0.3) is 0 Å². The minimum Gasteiger partial charge on any atom is -0.497 e. The van der Waals surface area contributed by atoms with E-state index in [2.05, 4.69) is 0 Å². The van der Waals surface area contributed by atoms with E-state index in [9.17, 15) is 22.8 Å². The molecule has 0 saturated carbocycles. The van der Waals surface area contributed by atoms with Crippen LogP contribution in [0.1, 0.15) is 49.9 Å². The standard InChI is InChI=1S/C31H28F3N3O6/c1-5-27-35-22-12-10-19(40-4)14-24(22)37(27)23-8-6-7-20-25(15-41-29(20)23)36(30(39)31(32,33)34)18-9-11-21-26(13-18)42-16(2)28(21)43-17(3)38/h6-14,16,25,28H,5,15H2,1-4H3/t16?,25-,28-/m1/s1. The van der Waals surface area contributed by atoms with Crippen LogP contribution in [0.25, 0.3) is 16.7 Å². The van der Waals surface area contributed by atoms with Crippen LogP contribution in [0.3, 0.4) is 0 Å². The summed E-state index contributed by atoms with van der Waals surface area (Å²) in [6.45, 7) is 4.69. The molecule has 3 atom stereocenters. The Labute approximate surface area is 244 Å². The van der Waals surface area contributed by atoms with Crippen molar-refractivity contribution in [2.24, 2.45) is 0 Å². The lowest BCUT2D eigenvalue weighted by Gasteiger charge is -2.29. The zero-order valence-electron chi connectivity index (χ0n) is 23.8. The van der Waals surface area contributed by atoms with Crippen LogP contribution in [0.4, 0.5) is 18.9 Å². The third kappa shape index (κ3) is 4.80. The minimum atomic E-state index is -5.17. The second kappa shape index (κ2) is 10.5. The number of alkyl halides is 3. The van der Waals surface area contributed by atoms with Gasteiger partial charge in [0.15, 0.2) is 6.10 Å². The molecule has 12 heteroatoms. The number of amides is 1. The Kier molecular flexibility index (Phi) is 6.94. The van der Waals surface area contributed by atoms with Gasteiger partial charge in [-0.2, -0.15) is 13.2 Å². The number of carbonyl (C=O) groups is 2. The number of benzene rings is 3. The molecular weight excluding hydrogens is 567 g/mol. The molecule has 3 heterocycles. The lowest BCUT2D eigenvalue weighted by Crippen LogP contribution is -2.44. The predicted molar refractivity (Wildman–Crippen MR) is 150 cm³/mol. The summed E-state index contributed by atoms with van der Waals surface area (Å²) in [7, 11) is 1.56. The monoisotopic (exact) mass is 595 g/mol. The smallest absolute Gasteiger partial charge is 0.471 e. The van der Waals surface area contributed by atoms with Crippen LogP contribution in [0.2, 0.25) is 0 Å². The van der Waals surface area contributed by atoms with Crippen LogP contribution in [0.5, 0.6) is 17.2 Å². The highest BCUT2D eigenvalue weighted by Gasteiger charge is 2.48. The second-order valence-corrected chi connectivity index (χ2v) is 10.3. The van der Waals surface area contributed by atoms with Gasteiger partial charge >= 0.3 is 18.1 Å². The number of aromatic nitrogens is 2. The van der Waals surface area contributed by atoms with E-state index in [1.54, 1.807) is 38.3 Å². The van der Waals surface area contributed by atoms with Gasteiger partial charge in [-0.1, -0.05) is 19.1 Å². The molecule has 1 amide bonds. The van der Waals surface area contributed by atoms with Gasteiger partial charge in [-0.3, -0.25) is 19.1 Å². The molecule has 1 unspecified atom stereocenters. The van der Waals surface area contributed by atoms with Crippen molar-refractivity contribution < 1.29 is 41.7 Å². The highest BCUT2D eigenvalue weighted by molar-refractivity contribution is 5.98. The van der Waals surface area contributed by atoms with Gasteiger partial charge in [-0.25, -0.2) is 4.98 Å². The molecule has 0 bridgehead atoms. The van der Waals surface area contributed by atoms with Crippen LogP contribution < -0.4 is 19.1 Å². The molecule has 0 aliphatic carbocycles. The number of ether oxygens (including phenoxy) is 4. The molecular formula is C31H28F3N3O6. The van der Waals surface area contributed by atoms with Crippen molar-refractivity contribution >= 4 is 28.6 Å². The van der Waals surface area contributed by atoms with E-state index >= 15 is 0 Å². The van der Waals surface area contributed by atoms with Gasteiger partial charge in [-0.15, -0.1) is 0 Å². The summed E-state index contributed by atoms with van der Waals surface area (Å²) in [4.78, 5) is 30.0. The van der Waals surface area contributed by atoms with Gasteiger partial charge in [-0.05, 0) is 37.3 Å². The van der Waals surface area contributed by atoms with E-state index in [0.717, 1.165) is 16.9 Å². The Balaban J connectivity index is 1.46. The normalized spacial score (nSPS) is 18.9. The number of nitrogens with zero attached hydrogens (tertiary/aromatic N) is 3. The molecule has 0 radical (unpaired) electrons. The van der Waals surface area contributed by atoms with Crippen LogP contribution in [0.15, 0.2) is 54.6 Å². The Morgan fingerprint density at radius 1 is 1.12 bits per heavy atom. The molecule has 0 N–H and O–H groups in total. The van der Waals surface area contributed by atoms with Crippen LogP contribution >= 0.6 is 0 Å². The first kappa shape index (κ1) is 28.4. The summed E-state index contributed by atoms with van der Waals surface area (Å²) in [5.41, 5.74) is 2.93. The van der Waals surface area contributed by atoms with Crippen molar-refractivity contribution in [3.63, 3.8) is 0 Å². The summed E-state index contributed by atoms with van der Waals surface area (Å²) in [5, 5.41) is 0. The van der Waals surface area contributed by atoms with E-state index in [1.165, 1.54) is 25.1 Å². The number of methoxy groups -OCH3 is 1. The number of imidazole rings is 1. The van der Waals surface area contributed by atoms with Crippen molar-refractivity contribution in [3.05, 3.63) is 71.5 Å². The molecule has 0 spiro atoms. The highest BCUT2D eigenvalue weighted by Crippen LogP contribution is 2.47. The summed E-state index contributed by atoms with van der Waals surface area (Å²) in [6.07, 6.45) is -5.87. The second-order valence-electron chi connectivity index (χ2n) is 10.3. The highest BCUT2D eigenvalue weighted by atomic mass is 19.4. The van der Waals surface area contributed by atoms with Crippen molar-refractivity contribution in [1.29, 1.82) is 0 Å². The number of anilines is 1. The molecule has 43 heavy (non-hydrogen) atoms. The molecule has 3 aromatic carbocycles. The Morgan fingerprint density at radius 2 is 1.91 bits per heavy atom. The quantitative estimate of drug-likeness (QED) is 0.252. The molecule has 224 valence electrons. The average Bonchev–Trinajstić information content (AvgIpc) is 3.65. The van der Waals surface area contributed by atoms with Crippen LogP contribution in [-0.4, -0.2) is 47.4 Å². The number of halogens is 3. The van der Waals surface area contributed by atoms with Crippen LogP contribution in [0, 0.1) is 0 Å². The maximum atomic E-state index is 14.1. The van der Waals surface area contributed by atoms with E-state index in [4.69, 9.17) is 23.9 Å². The molecule has 2 aliphatic heterocycles. The first-order chi connectivity index (χ1) is 20.5. The zero-order valence-corrected chi connectivity index (χ0v) is 23.8. The summed E-state index contributed by atoms with van der Waals surface area (Å²) in [5.74, 6) is -0.639. The molecule has 9 nitrogen and oxygen atoms in total. The largest absolute Gasteiger partial charge is 0.497 e. The van der Waals surface area contributed by atoms with Crippen LogP contribution in [-0.2, 0) is 20.7 Å². The third-order valence-electron chi connectivity index (χ3n) is 7.64. The Hall–Kier alpha value is -4.74. The molecule has 0 saturated heterocycles. The number of aryl methyl sites for hydroxylation is 1. The van der Waals surface area contributed by atoms with Gasteiger partial charge in [0.05, 0.1) is 29.9 Å². The van der Waals surface area contributed by atoms with Gasteiger partial charge in [0, 0.05) is 42.3 Å². The average molecular weight is 596 g/mol. The predicted octanol–water partition coefficient (Wildman–Crippen LogP) is 6.01. The van der Waals surface area contributed by atoms with Gasteiger partial charge < -0.3 is 18.9 Å². The number of hydrogen-bond donors (Lipinski definition) is 0. The first-order valence-corrected chi connectivity index (χ1v) is 13.7. The van der Waals surface area contributed by atoms with Crippen molar-refractivity contribution in [3.8, 4) is 22.9 Å². The number of hydrogen-bond acceptors (Lipinski definition) is 7. The van der Waals surface area contributed by atoms with Crippen molar-refractivity contribution in [2.45, 2.75) is 51.6 Å². The summed E-state index contributed by atoms with van der Waals surface area (Å²) in [6, 6.07) is 13.8. The van der Waals surface area contributed by atoms with E-state index in [-0.39, 0.29) is 18.0 Å². The minimum absolute atomic E-state index is 0.0318. The number of fused-ring (bicyclic) bond motifs is 3. The molecule has 2 aliphatic rings. The Bertz CT molecular complexity index is 1750. The summed E-state index contributed by atoms with van der Waals surface area (Å²) < 4.78 is 66.7. The first-order valence-electron chi connectivity index (χ1n) is 13.7. The third-order valence-corrected chi connectivity index (χ3v) is 7.64. The SMILES string of the molecule is CCc1nc2ccc(OC)cc2n1-c1cccc2c1OC[C@H]2N(C(=O)C(F)(F)F)c1ccc2c(c1)OC(C)[C@H]2OC(C)=O. The molecule has 1 aromatic heterocycles. The number of rotatable bonds is 6. The van der Waals surface area contributed by atoms with E-state index in [1.807, 2.05) is 23.6 Å². The number of esters is 1. The van der Waals surface area contributed by atoms with E-state index in [0.29, 0.717) is 39.6 Å². The lowest BCUT2D eigenvalue weighted by atomic mass is 10.0. The molecule has 6 rings (SSSR count). The Morgan fingerprint density at radius 3 is 2.60 bits per heavy atom. The fourth-order valence-corrected chi connectivity index (χ4v) is 5.78. The fourth-order valence-electron chi connectivity index (χ4n) is 5.78. The van der Waals surface area contributed by atoms with Gasteiger partial charge in [0.2, 0.25) is 0 Å². The lowest BCUT2D eigenvalue weighted by molar-refractivity contribution is -0.171. The maximum absolute atomic E-state index is 14.1. The van der Waals surface area contributed by atoms with E-state index < -0.39 is 36.3 Å². The zero-order chi connectivity index (χ0) is 30.6. The van der Waals surface area contributed by atoms with Crippen molar-refractivity contribution in [1.82, 2.24) is 9.55 Å². The fraction of sp³-hybridized carbons (Fsp3) is 0.323. The maximum Gasteiger partial charge on any atom is 0.471 e. The topological polar surface area (TPSA) is 92.1 Å². The molecule has 4 aromatic rings. The van der Waals surface area contributed by atoms with Gasteiger partial charge in [0.1, 0.15) is 35.8 Å². The number of carbonyl (C=O) groups excluding carboxylic acids is 2. The molecule has 0 fully saturated rings. The number of para-hydroxylation sites is 1. The summed E-state index contributed by atoms with van der Waals surface area (Å²) >= 11 is 0.